The number of hydrogen-bond acceptors (Lipinski definition) is 3. The Balaban J connectivity index is 3.03. The summed E-state index contributed by atoms with van der Waals surface area (Å²) in [5, 5.41) is 6.26. The van der Waals surface area contributed by atoms with Crippen LogP contribution in [0.4, 0.5) is 11.4 Å². The number of nitrogens with one attached hydrogen (secondary N) is 2. The number of anilines is 2. The van der Waals surface area contributed by atoms with Crippen LogP contribution in [0.15, 0.2) is 18.2 Å². The van der Waals surface area contributed by atoms with Crippen LogP contribution in [-0.4, -0.2) is 18.5 Å². The minimum Gasteiger partial charge on any atom is -0.399 e. The maximum absolute atomic E-state index is 12.0. The van der Waals surface area contributed by atoms with Crippen LogP contribution >= 0.6 is 0 Å². The second-order valence-corrected chi connectivity index (χ2v) is 5.07. The van der Waals surface area contributed by atoms with E-state index in [-0.39, 0.29) is 5.91 Å². The zero-order valence-electron chi connectivity index (χ0n) is 12.3. The zero-order chi connectivity index (χ0) is 14.4. The van der Waals surface area contributed by atoms with Gasteiger partial charge in [-0.05, 0) is 37.5 Å². The summed E-state index contributed by atoms with van der Waals surface area (Å²) < 4.78 is 0. The molecule has 4 N–H and O–H groups in total. The van der Waals surface area contributed by atoms with E-state index in [1.54, 1.807) is 12.1 Å². The zero-order valence-corrected chi connectivity index (χ0v) is 12.3. The number of carbonyl (C=O) groups excluding carboxylic acids is 1. The van der Waals surface area contributed by atoms with E-state index in [1.807, 2.05) is 13.0 Å². The second kappa shape index (κ2) is 7.02. The number of carbonyl (C=O) groups is 1. The largest absolute Gasteiger partial charge is 0.399 e. The molecule has 1 unspecified atom stereocenters. The fourth-order valence-electron chi connectivity index (χ4n) is 2.07. The van der Waals surface area contributed by atoms with Gasteiger partial charge in [-0.15, -0.1) is 0 Å². The molecule has 0 aliphatic heterocycles. The van der Waals surface area contributed by atoms with Crippen LogP contribution in [0.2, 0.25) is 0 Å². The predicted molar refractivity (Wildman–Crippen MR) is 81.4 cm³/mol. The Labute approximate surface area is 115 Å². The minimum absolute atomic E-state index is 0.0661. The monoisotopic (exact) mass is 263 g/mol. The lowest BCUT2D eigenvalue weighted by Crippen LogP contribution is -2.28. The number of hydrogen-bond donors (Lipinski definition) is 3. The fraction of sp³-hybridized carbons (Fsp3) is 0.533. The van der Waals surface area contributed by atoms with Crippen LogP contribution in [0.1, 0.15) is 44.5 Å². The van der Waals surface area contributed by atoms with Crippen LogP contribution in [0.3, 0.4) is 0 Å². The topological polar surface area (TPSA) is 67.2 Å². The minimum atomic E-state index is -0.0661. The van der Waals surface area contributed by atoms with Gasteiger partial charge in [0.25, 0.3) is 5.91 Å². The normalized spacial score (nSPS) is 12.3. The van der Waals surface area contributed by atoms with Crippen molar-refractivity contribution in [1.29, 1.82) is 0 Å². The van der Waals surface area contributed by atoms with Crippen LogP contribution in [0.5, 0.6) is 0 Å². The van der Waals surface area contributed by atoms with Crippen LogP contribution in [-0.2, 0) is 0 Å². The molecule has 0 fully saturated rings. The summed E-state index contributed by atoms with van der Waals surface area (Å²) in [5.74, 6) is 0.428. The first-order chi connectivity index (χ1) is 8.99. The van der Waals surface area contributed by atoms with Gasteiger partial charge in [-0.2, -0.15) is 0 Å². The fourth-order valence-corrected chi connectivity index (χ4v) is 2.07. The molecule has 4 heteroatoms. The lowest BCUT2D eigenvalue weighted by Gasteiger charge is -2.23. The quantitative estimate of drug-likeness (QED) is 0.691. The van der Waals surface area contributed by atoms with E-state index >= 15 is 0 Å². The third-order valence-electron chi connectivity index (χ3n) is 3.21. The first-order valence-electron chi connectivity index (χ1n) is 6.93. The molecule has 1 atom stereocenters. The number of amides is 1. The lowest BCUT2D eigenvalue weighted by molar-refractivity contribution is 0.0956. The molecule has 1 rings (SSSR count). The van der Waals surface area contributed by atoms with Crippen molar-refractivity contribution >= 4 is 17.3 Å². The molecular weight excluding hydrogens is 238 g/mol. The van der Waals surface area contributed by atoms with Gasteiger partial charge in [-0.3, -0.25) is 4.79 Å². The van der Waals surface area contributed by atoms with Crippen molar-refractivity contribution in [3.05, 3.63) is 23.8 Å². The molecule has 0 aliphatic carbocycles. The number of nitrogens with two attached hydrogens (primary N) is 1. The summed E-state index contributed by atoms with van der Waals surface area (Å²) in [6, 6.07) is 5.69. The predicted octanol–water partition coefficient (Wildman–Crippen LogP) is 2.87. The van der Waals surface area contributed by atoms with Gasteiger partial charge in [0.15, 0.2) is 0 Å². The molecule has 0 heterocycles. The Morgan fingerprint density at radius 2 is 2.00 bits per heavy atom. The van der Waals surface area contributed by atoms with Gasteiger partial charge in [0.05, 0.1) is 5.56 Å². The highest BCUT2D eigenvalue weighted by atomic mass is 16.1. The molecule has 0 aromatic heterocycles. The molecule has 19 heavy (non-hydrogen) atoms. The molecule has 1 aromatic carbocycles. The van der Waals surface area contributed by atoms with Crippen molar-refractivity contribution in [2.24, 2.45) is 5.92 Å². The highest BCUT2D eigenvalue weighted by Crippen LogP contribution is 2.22. The van der Waals surface area contributed by atoms with Gasteiger partial charge in [-0.1, -0.05) is 20.8 Å². The molecule has 1 amide bonds. The lowest BCUT2D eigenvalue weighted by atomic mass is 10.0. The van der Waals surface area contributed by atoms with Gasteiger partial charge < -0.3 is 16.4 Å². The molecule has 4 nitrogen and oxygen atoms in total. The van der Waals surface area contributed by atoms with Crippen LogP contribution in [0.25, 0.3) is 0 Å². The molecule has 0 aliphatic rings. The number of rotatable bonds is 6. The van der Waals surface area contributed by atoms with Crippen molar-refractivity contribution in [2.75, 3.05) is 17.6 Å². The first-order valence-corrected chi connectivity index (χ1v) is 6.93. The highest BCUT2D eigenvalue weighted by Gasteiger charge is 2.16. The molecule has 0 spiro atoms. The summed E-state index contributed by atoms with van der Waals surface area (Å²) in [7, 11) is 0. The van der Waals surface area contributed by atoms with E-state index in [0.717, 1.165) is 12.1 Å². The highest BCUT2D eigenvalue weighted by molar-refractivity contribution is 6.00. The average Bonchev–Trinajstić information content (AvgIpc) is 2.35. The van der Waals surface area contributed by atoms with Crippen LogP contribution < -0.4 is 16.4 Å². The van der Waals surface area contributed by atoms with E-state index in [4.69, 9.17) is 5.73 Å². The summed E-state index contributed by atoms with van der Waals surface area (Å²) in [5.41, 5.74) is 7.94. The van der Waals surface area contributed by atoms with Crippen molar-refractivity contribution in [3.63, 3.8) is 0 Å². The maximum Gasteiger partial charge on any atom is 0.253 e. The standard InChI is InChI=1S/C15H25N3O/c1-5-13(10(3)4)18-14-9-11(16)7-8-12(14)15(19)17-6-2/h7-10,13,18H,5-6,16H2,1-4H3,(H,17,19). The Kier molecular flexibility index (Phi) is 5.67. The average molecular weight is 263 g/mol. The van der Waals surface area contributed by atoms with E-state index in [1.165, 1.54) is 0 Å². The van der Waals surface area contributed by atoms with Crippen molar-refractivity contribution in [1.82, 2.24) is 5.32 Å². The maximum atomic E-state index is 12.0. The summed E-state index contributed by atoms with van der Waals surface area (Å²) in [4.78, 5) is 12.0. The Morgan fingerprint density at radius 1 is 1.32 bits per heavy atom. The molecular formula is C15H25N3O. The molecule has 1 aromatic rings. The Morgan fingerprint density at radius 3 is 2.53 bits per heavy atom. The number of nitrogen functional groups attached to an aromatic ring is 1. The summed E-state index contributed by atoms with van der Waals surface area (Å²) >= 11 is 0. The first kappa shape index (κ1) is 15.3. The molecule has 0 bridgehead atoms. The Bertz CT molecular complexity index is 429. The van der Waals surface area contributed by atoms with Crippen molar-refractivity contribution in [2.45, 2.75) is 40.2 Å². The third kappa shape index (κ3) is 4.16. The van der Waals surface area contributed by atoms with Gasteiger partial charge >= 0.3 is 0 Å². The van der Waals surface area contributed by atoms with Gasteiger partial charge in [0.2, 0.25) is 0 Å². The summed E-state index contributed by atoms with van der Waals surface area (Å²) in [6.07, 6.45) is 1.00. The van der Waals surface area contributed by atoms with Gasteiger partial charge in [0, 0.05) is 24.0 Å². The SMILES string of the molecule is CCNC(=O)c1ccc(N)cc1NC(CC)C(C)C. The molecule has 106 valence electrons. The number of benzene rings is 1. The van der Waals surface area contributed by atoms with E-state index in [9.17, 15) is 4.79 Å². The van der Waals surface area contributed by atoms with Gasteiger partial charge in [0.1, 0.15) is 0 Å². The van der Waals surface area contributed by atoms with Crippen LogP contribution in [0, 0.1) is 5.92 Å². The van der Waals surface area contributed by atoms with E-state index in [2.05, 4.69) is 31.4 Å². The van der Waals surface area contributed by atoms with E-state index < -0.39 is 0 Å². The van der Waals surface area contributed by atoms with Crippen molar-refractivity contribution < 1.29 is 4.79 Å². The van der Waals surface area contributed by atoms with E-state index in [0.29, 0.717) is 29.8 Å². The second-order valence-electron chi connectivity index (χ2n) is 5.07. The Hall–Kier alpha value is -1.71. The summed E-state index contributed by atoms with van der Waals surface area (Å²) in [6.45, 7) is 8.99. The molecule has 0 saturated heterocycles. The molecule has 0 saturated carbocycles. The van der Waals surface area contributed by atoms with Gasteiger partial charge in [-0.25, -0.2) is 0 Å². The smallest absolute Gasteiger partial charge is 0.253 e. The molecule has 0 radical (unpaired) electrons. The third-order valence-corrected chi connectivity index (χ3v) is 3.21. The van der Waals surface area contributed by atoms with Crippen molar-refractivity contribution in [3.8, 4) is 0 Å².